The first kappa shape index (κ1) is 20.7. The van der Waals surface area contributed by atoms with Crippen molar-refractivity contribution >= 4 is 0 Å². The van der Waals surface area contributed by atoms with E-state index in [0.29, 0.717) is 0 Å². The fraction of sp³-hybridized carbons (Fsp3) is 1.00. The lowest BCUT2D eigenvalue weighted by Crippen LogP contribution is -2.44. The van der Waals surface area contributed by atoms with Crippen molar-refractivity contribution in [2.75, 3.05) is 6.61 Å². The van der Waals surface area contributed by atoms with Crippen molar-refractivity contribution in [2.24, 2.45) is 23.7 Å². The van der Waals surface area contributed by atoms with Crippen LogP contribution in [0.1, 0.15) is 123 Å². The van der Waals surface area contributed by atoms with E-state index in [2.05, 4.69) is 13.8 Å². The molecule has 0 saturated heterocycles. The van der Waals surface area contributed by atoms with Crippen molar-refractivity contribution in [3.63, 3.8) is 0 Å². The molecule has 0 spiro atoms. The molecule has 26 heavy (non-hydrogen) atoms. The quantitative estimate of drug-likeness (QED) is 0.426. The molecule has 0 amide bonds. The lowest BCUT2D eigenvalue weighted by atomic mass is 9.67. The smallest absolute Gasteiger partial charge is 0.0710 e. The monoisotopic (exact) mass is 362 g/mol. The third-order valence-electron chi connectivity index (χ3n) is 8.41. The van der Waals surface area contributed by atoms with E-state index in [4.69, 9.17) is 4.74 Å². The van der Waals surface area contributed by atoms with E-state index in [9.17, 15) is 0 Å². The Bertz CT molecular complexity index is 368. The number of hydrogen-bond acceptors (Lipinski definition) is 1. The molecule has 3 aliphatic rings. The van der Waals surface area contributed by atoms with Crippen LogP contribution in [0.15, 0.2) is 0 Å². The van der Waals surface area contributed by atoms with E-state index < -0.39 is 0 Å². The maximum absolute atomic E-state index is 6.57. The van der Waals surface area contributed by atoms with Gasteiger partial charge in [0.15, 0.2) is 0 Å². The molecular weight excluding hydrogens is 316 g/mol. The van der Waals surface area contributed by atoms with Gasteiger partial charge in [0.2, 0.25) is 0 Å². The number of rotatable bonds is 8. The second-order valence-electron chi connectivity index (χ2n) is 10.1. The molecule has 3 fully saturated rings. The number of ether oxygens (including phenoxy) is 1. The van der Waals surface area contributed by atoms with Crippen molar-refractivity contribution in [3.8, 4) is 0 Å². The summed E-state index contributed by atoms with van der Waals surface area (Å²) in [5.74, 6) is 4.01. The Morgan fingerprint density at radius 2 is 1.23 bits per heavy atom. The molecule has 0 unspecified atom stereocenters. The standard InChI is InChI=1S/C25H46O/c1-3-20-26-25(18-6-5-7-19-25)24-16-14-23(15-17-24)13-12-22-10-8-21(4-2)9-11-22/h21-24H,3-20H2,1-2H3/t21-,22-,23-,24-. The molecule has 1 heteroatoms. The fourth-order valence-corrected chi connectivity index (χ4v) is 6.50. The Morgan fingerprint density at radius 3 is 1.77 bits per heavy atom. The zero-order valence-corrected chi connectivity index (χ0v) is 17.9. The highest BCUT2D eigenvalue weighted by Gasteiger charge is 2.42. The van der Waals surface area contributed by atoms with E-state index >= 15 is 0 Å². The van der Waals surface area contributed by atoms with Crippen LogP contribution in [0.3, 0.4) is 0 Å². The molecule has 3 aliphatic carbocycles. The molecule has 3 rings (SSSR count). The van der Waals surface area contributed by atoms with Crippen LogP contribution in [0.4, 0.5) is 0 Å². The fourth-order valence-electron chi connectivity index (χ4n) is 6.50. The van der Waals surface area contributed by atoms with E-state index in [1.54, 1.807) is 0 Å². The molecule has 0 aromatic heterocycles. The van der Waals surface area contributed by atoms with E-state index in [0.717, 1.165) is 30.3 Å². The number of hydrogen-bond donors (Lipinski definition) is 0. The highest BCUT2D eigenvalue weighted by Crippen LogP contribution is 2.46. The average molecular weight is 363 g/mol. The first-order chi connectivity index (χ1) is 12.8. The zero-order chi connectivity index (χ0) is 18.2. The minimum atomic E-state index is 0.276. The predicted molar refractivity (Wildman–Crippen MR) is 112 cm³/mol. The molecule has 0 aromatic carbocycles. The van der Waals surface area contributed by atoms with E-state index in [-0.39, 0.29) is 5.60 Å². The van der Waals surface area contributed by atoms with Gasteiger partial charge in [0.1, 0.15) is 0 Å². The van der Waals surface area contributed by atoms with Gasteiger partial charge in [-0.1, -0.05) is 90.9 Å². The average Bonchev–Trinajstić information content (AvgIpc) is 2.72. The maximum Gasteiger partial charge on any atom is 0.0710 e. The van der Waals surface area contributed by atoms with Gasteiger partial charge in [0.05, 0.1) is 5.60 Å². The molecule has 0 N–H and O–H groups in total. The summed E-state index contributed by atoms with van der Waals surface area (Å²) in [5, 5.41) is 0. The second-order valence-corrected chi connectivity index (χ2v) is 10.1. The molecule has 0 bridgehead atoms. The summed E-state index contributed by atoms with van der Waals surface area (Å²) in [4.78, 5) is 0. The molecule has 0 heterocycles. The highest BCUT2D eigenvalue weighted by atomic mass is 16.5. The Morgan fingerprint density at radius 1 is 0.692 bits per heavy atom. The van der Waals surface area contributed by atoms with Gasteiger partial charge in [-0.25, -0.2) is 0 Å². The van der Waals surface area contributed by atoms with Gasteiger partial charge >= 0.3 is 0 Å². The summed E-state index contributed by atoms with van der Waals surface area (Å²) in [5.41, 5.74) is 0.276. The summed E-state index contributed by atoms with van der Waals surface area (Å²) in [6.45, 7) is 5.63. The lowest BCUT2D eigenvalue weighted by Gasteiger charge is -2.46. The second kappa shape index (κ2) is 10.5. The van der Waals surface area contributed by atoms with Crippen LogP contribution < -0.4 is 0 Å². The van der Waals surface area contributed by atoms with Crippen molar-refractivity contribution in [1.29, 1.82) is 0 Å². The van der Waals surface area contributed by atoms with Gasteiger partial charge < -0.3 is 4.74 Å². The minimum Gasteiger partial charge on any atom is -0.375 e. The van der Waals surface area contributed by atoms with Crippen LogP contribution in [-0.4, -0.2) is 12.2 Å². The van der Waals surface area contributed by atoms with Crippen LogP contribution in [0.25, 0.3) is 0 Å². The molecule has 0 aliphatic heterocycles. The highest BCUT2D eigenvalue weighted by molar-refractivity contribution is 4.93. The lowest BCUT2D eigenvalue weighted by molar-refractivity contribution is -0.121. The molecule has 152 valence electrons. The minimum absolute atomic E-state index is 0.276. The Hall–Kier alpha value is -0.0400. The largest absolute Gasteiger partial charge is 0.375 e. The molecule has 0 radical (unpaired) electrons. The molecule has 1 nitrogen and oxygen atoms in total. The summed E-state index contributed by atoms with van der Waals surface area (Å²) >= 11 is 0. The third-order valence-corrected chi connectivity index (χ3v) is 8.41. The first-order valence-corrected chi connectivity index (χ1v) is 12.4. The topological polar surface area (TPSA) is 9.23 Å². The van der Waals surface area contributed by atoms with Gasteiger partial charge in [-0.05, 0) is 55.8 Å². The van der Waals surface area contributed by atoms with Crippen molar-refractivity contribution in [2.45, 2.75) is 129 Å². The summed E-state index contributed by atoms with van der Waals surface area (Å²) in [7, 11) is 0. The Balaban J connectivity index is 1.40. The van der Waals surface area contributed by atoms with Gasteiger partial charge in [-0.3, -0.25) is 0 Å². The normalized spacial score (nSPS) is 35.3. The SMILES string of the molecule is CCCOC1([C@H]2CC[C@H](CC[C@H]3CC[C@H](CC)CC3)CC2)CCCCC1. The molecule has 0 atom stereocenters. The predicted octanol–water partition coefficient (Wildman–Crippen LogP) is 7.92. The van der Waals surface area contributed by atoms with Crippen molar-refractivity contribution in [1.82, 2.24) is 0 Å². The van der Waals surface area contributed by atoms with E-state index in [1.807, 2.05) is 0 Å². The van der Waals surface area contributed by atoms with Crippen molar-refractivity contribution < 1.29 is 4.74 Å². The maximum atomic E-state index is 6.57. The molecular formula is C25H46O. The van der Waals surface area contributed by atoms with Crippen LogP contribution in [-0.2, 0) is 4.74 Å². The molecule has 0 aromatic rings. The molecule has 3 saturated carbocycles. The van der Waals surface area contributed by atoms with E-state index in [1.165, 1.54) is 109 Å². The first-order valence-electron chi connectivity index (χ1n) is 12.4. The van der Waals surface area contributed by atoms with Crippen LogP contribution in [0, 0.1) is 23.7 Å². The van der Waals surface area contributed by atoms with Crippen LogP contribution in [0.2, 0.25) is 0 Å². The Labute approximate surface area is 164 Å². The van der Waals surface area contributed by atoms with Gasteiger partial charge in [0, 0.05) is 6.61 Å². The van der Waals surface area contributed by atoms with Gasteiger partial charge in [-0.15, -0.1) is 0 Å². The Kier molecular flexibility index (Phi) is 8.35. The van der Waals surface area contributed by atoms with Gasteiger partial charge in [0.25, 0.3) is 0 Å². The summed E-state index contributed by atoms with van der Waals surface area (Å²) < 4.78 is 6.57. The summed E-state index contributed by atoms with van der Waals surface area (Å²) in [6, 6.07) is 0. The van der Waals surface area contributed by atoms with Crippen LogP contribution in [0.5, 0.6) is 0 Å². The third kappa shape index (κ3) is 5.49. The van der Waals surface area contributed by atoms with Gasteiger partial charge in [-0.2, -0.15) is 0 Å². The van der Waals surface area contributed by atoms with Crippen LogP contribution >= 0.6 is 0 Å². The van der Waals surface area contributed by atoms with Crippen molar-refractivity contribution in [3.05, 3.63) is 0 Å². The summed E-state index contributed by atoms with van der Waals surface area (Å²) in [6.07, 6.45) is 24.6. The zero-order valence-electron chi connectivity index (χ0n) is 17.9.